The molecule has 1 heterocycles. The highest BCUT2D eigenvalue weighted by Gasteiger charge is 2.21. The number of hydrogen-bond acceptors (Lipinski definition) is 3. The maximum absolute atomic E-state index is 14.3. The van der Waals surface area contributed by atoms with Gasteiger partial charge in [0.1, 0.15) is 11.6 Å². The normalized spacial score (nSPS) is 10.8. The summed E-state index contributed by atoms with van der Waals surface area (Å²) in [4.78, 5) is 12.4. The Balaban J connectivity index is 1.62. The summed E-state index contributed by atoms with van der Waals surface area (Å²) in [7, 11) is 0. The van der Waals surface area contributed by atoms with Crippen molar-refractivity contribution in [2.45, 2.75) is 19.8 Å². The Labute approximate surface area is 188 Å². The first kappa shape index (κ1) is 22.1. The van der Waals surface area contributed by atoms with Crippen molar-refractivity contribution >= 4 is 11.6 Å². The number of hydrogen-bond donors (Lipinski definition) is 1. The molecule has 0 aliphatic carbocycles. The number of anilines is 1. The molecular formula is C25H20F3N3O2. The monoisotopic (exact) mass is 451 g/mol. The van der Waals surface area contributed by atoms with Gasteiger partial charge in [-0.3, -0.25) is 4.79 Å². The number of aromatic nitrogens is 2. The second-order valence-corrected chi connectivity index (χ2v) is 7.35. The molecule has 168 valence electrons. The van der Waals surface area contributed by atoms with Crippen LogP contribution in [0, 0.1) is 24.4 Å². The average molecular weight is 451 g/mol. The molecular weight excluding hydrogens is 431 g/mol. The molecule has 3 aromatic carbocycles. The molecule has 0 fully saturated rings. The van der Waals surface area contributed by atoms with Crippen LogP contribution in [0.1, 0.15) is 17.7 Å². The van der Waals surface area contributed by atoms with Gasteiger partial charge in [0.15, 0.2) is 11.6 Å². The van der Waals surface area contributed by atoms with E-state index >= 15 is 0 Å². The van der Waals surface area contributed by atoms with Crippen molar-refractivity contribution in [3.63, 3.8) is 0 Å². The van der Waals surface area contributed by atoms with Gasteiger partial charge in [-0.15, -0.1) is 0 Å². The molecule has 0 aliphatic rings. The molecule has 1 N–H and O–H groups in total. The molecule has 0 unspecified atom stereocenters. The highest BCUT2D eigenvalue weighted by molar-refractivity contribution is 5.90. The highest BCUT2D eigenvalue weighted by Crippen LogP contribution is 2.33. The predicted octanol–water partition coefficient (Wildman–Crippen LogP) is 5.96. The number of nitrogens with zero attached hydrogens (tertiary/aromatic N) is 2. The van der Waals surface area contributed by atoms with E-state index in [1.165, 1.54) is 28.9 Å². The zero-order valence-corrected chi connectivity index (χ0v) is 17.7. The maximum atomic E-state index is 14.3. The summed E-state index contributed by atoms with van der Waals surface area (Å²) in [6.07, 6.45) is 0.290. The number of halogens is 3. The van der Waals surface area contributed by atoms with Crippen LogP contribution in [0.15, 0.2) is 72.8 Å². The van der Waals surface area contributed by atoms with E-state index in [1.807, 2.05) is 18.2 Å². The Morgan fingerprint density at radius 2 is 1.73 bits per heavy atom. The van der Waals surface area contributed by atoms with Gasteiger partial charge >= 0.3 is 0 Å². The molecule has 0 aliphatic heterocycles. The van der Waals surface area contributed by atoms with Gasteiger partial charge in [-0.2, -0.15) is 5.10 Å². The topological polar surface area (TPSA) is 56.2 Å². The Kier molecular flexibility index (Phi) is 6.44. The van der Waals surface area contributed by atoms with Crippen molar-refractivity contribution in [2.24, 2.45) is 0 Å². The van der Waals surface area contributed by atoms with E-state index in [2.05, 4.69) is 10.4 Å². The minimum Gasteiger partial charge on any atom is -0.436 e. The number of ether oxygens (including phenoxy) is 1. The molecule has 4 rings (SSSR count). The quantitative estimate of drug-likeness (QED) is 0.377. The van der Waals surface area contributed by atoms with E-state index in [9.17, 15) is 18.0 Å². The lowest BCUT2D eigenvalue weighted by molar-refractivity contribution is -0.116. The van der Waals surface area contributed by atoms with Crippen LogP contribution in [0.2, 0.25) is 0 Å². The standard InChI is InChI=1S/C25H20F3N3O2/c1-16-21(11-13-24(32)29-19-7-5-6-17(26)14-19)25(31(30-16)20-8-3-2-4-9-20)33-23-12-10-18(27)15-22(23)28/h2-10,12,14-15H,11,13H2,1H3,(H,29,32). The van der Waals surface area contributed by atoms with Gasteiger partial charge in [-0.05, 0) is 55.8 Å². The molecule has 0 spiro atoms. The Morgan fingerprint density at radius 1 is 0.970 bits per heavy atom. The van der Waals surface area contributed by atoms with Crippen molar-refractivity contribution in [3.05, 3.63) is 102 Å². The van der Waals surface area contributed by atoms with E-state index < -0.39 is 17.5 Å². The van der Waals surface area contributed by atoms with Crippen LogP contribution >= 0.6 is 0 Å². The summed E-state index contributed by atoms with van der Waals surface area (Å²) in [6, 6.07) is 17.7. The molecule has 8 heteroatoms. The van der Waals surface area contributed by atoms with E-state index in [0.29, 0.717) is 22.6 Å². The number of para-hydroxylation sites is 1. The van der Waals surface area contributed by atoms with Gasteiger partial charge < -0.3 is 10.1 Å². The van der Waals surface area contributed by atoms with Crippen molar-refractivity contribution < 1.29 is 22.7 Å². The number of benzene rings is 3. The lowest BCUT2D eigenvalue weighted by Crippen LogP contribution is -2.12. The zero-order valence-electron chi connectivity index (χ0n) is 17.7. The SMILES string of the molecule is Cc1nn(-c2ccccc2)c(Oc2ccc(F)cc2F)c1CCC(=O)Nc1cccc(F)c1. The molecule has 5 nitrogen and oxygen atoms in total. The van der Waals surface area contributed by atoms with Crippen LogP contribution in [0.5, 0.6) is 11.6 Å². The summed E-state index contributed by atoms with van der Waals surface area (Å²) in [5.74, 6) is -2.30. The predicted molar refractivity (Wildman–Crippen MR) is 118 cm³/mol. The van der Waals surface area contributed by atoms with Crippen LogP contribution in [0.25, 0.3) is 5.69 Å². The minimum absolute atomic E-state index is 0.0557. The summed E-state index contributed by atoms with van der Waals surface area (Å²) < 4.78 is 48.4. The Hall–Kier alpha value is -4.07. The molecule has 1 amide bonds. The van der Waals surface area contributed by atoms with Crippen LogP contribution in [-0.4, -0.2) is 15.7 Å². The lowest BCUT2D eigenvalue weighted by Gasteiger charge is -2.12. The van der Waals surface area contributed by atoms with E-state index in [-0.39, 0.29) is 30.4 Å². The number of carbonyl (C=O) groups is 1. The Morgan fingerprint density at radius 3 is 2.45 bits per heavy atom. The molecule has 0 radical (unpaired) electrons. The molecule has 4 aromatic rings. The van der Waals surface area contributed by atoms with Crippen molar-refractivity contribution in [1.82, 2.24) is 9.78 Å². The first-order valence-corrected chi connectivity index (χ1v) is 10.2. The van der Waals surface area contributed by atoms with Gasteiger partial charge in [0.25, 0.3) is 0 Å². The smallest absolute Gasteiger partial charge is 0.226 e. The van der Waals surface area contributed by atoms with Gasteiger partial charge in [0.05, 0.1) is 11.4 Å². The zero-order chi connectivity index (χ0) is 23.4. The van der Waals surface area contributed by atoms with Crippen LogP contribution in [-0.2, 0) is 11.2 Å². The van der Waals surface area contributed by atoms with E-state index in [0.717, 1.165) is 12.1 Å². The van der Waals surface area contributed by atoms with Crippen LogP contribution in [0.4, 0.5) is 18.9 Å². The fraction of sp³-hybridized carbons (Fsp3) is 0.120. The maximum Gasteiger partial charge on any atom is 0.226 e. The van der Waals surface area contributed by atoms with Crippen molar-refractivity contribution in [1.29, 1.82) is 0 Å². The van der Waals surface area contributed by atoms with Crippen LogP contribution in [0.3, 0.4) is 0 Å². The van der Waals surface area contributed by atoms with Gasteiger partial charge in [0, 0.05) is 23.7 Å². The van der Waals surface area contributed by atoms with Gasteiger partial charge in [-0.1, -0.05) is 24.3 Å². The average Bonchev–Trinajstić information content (AvgIpc) is 3.10. The number of amides is 1. The second-order valence-electron chi connectivity index (χ2n) is 7.35. The number of aryl methyl sites for hydroxylation is 1. The van der Waals surface area contributed by atoms with E-state index in [1.54, 1.807) is 25.1 Å². The third-order valence-corrected chi connectivity index (χ3v) is 4.95. The summed E-state index contributed by atoms with van der Waals surface area (Å²) in [6.45, 7) is 1.76. The molecule has 0 saturated heterocycles. The fourth-order valence-corrected chi connectivity index (χ4v) is 3.37. The largest absolute Gasteiger partial charge is 0.436 e. The lowest BCUT2D eigenvalue weighted by atomic mass is 10.1. The molecule has 1 aromatic heterocycles. The summed E-state index contributed by atoms with van der Waals surface area (Å²) >= 11 is 0. The third kappa shape index (κ3) is 5.23. The third-order valence-electron chi connectivity index (χ3n) is 4.95. The first-order chi connectivity index (χ1) is 15.9. The van der Waals surface area contributed by atoms with Gasteiger partial charge in [-0.25, -0.2) is 17.9 Å². The van der Waals surface area contributed by atoms with Gasteiger partial charge in [0.2, 0.25) is 11.8 Å². The highest BCUT2D eigenvalue weighted by atomic mass is 19.1. The fourth-order valence-electron chi connectivity index (χ4n) is 3.37. The van der Waals surface area contributed by atoms with Crippen molar-refractivity contribution in [3.8, 4) is 17.3 Å². The van der Waals surface area contributed by atoms with Crippen molar-refractivity contribution in [2.75, 3.05) is 5.32 Å². The van der Waals surface area contributed by atoms with E-state index in [4.69, 9.17) is 4.74 Å². The molecule has 0 saturated carbocycles. The minimum atomic E-state index is -0.858. The summed E-state index contributed by atoms with van der Waals surface area (Å²) in [5, 5.41) is 7.16. The number of nitrogens with one attached hydrogen (secondary N) is 1. The Bertz CT molecular complexity index is 1290. The molecule has 0 atom stereocenters. The summed E-state index contributed by atoms with van der Waals surface area (Å²) in [5.41, 5.74) is 2.21. The van der Waals surface area contributed by atoms with Crippen LogP contribution < -0.4 is 10.1 Å². The first-order valence-electron chi connectivity index (χ1n) is 10.2. The molecule has 33 heavy (non-hydrogen) atoms. The number of rotatable bonds is 7. The second kappa shape index (κ2) is 9.60. The number of carbonyl (C=O) groups excluding carboxylic acids is 1. The molecule has 0 bridgehead atoms.